The second-order valence-corrected chi connectivity index (χ2v) is 7.37. The molecular formula is C25H27NO4. The van der Waals surface area contributed by atoms with Crippen LogP contribution in [0.5, 0.6) is 11.5 Å². The number of hydrogen-bond donors (Lipinski definition) is 1. The first-order valence-corrected chi connectivity index (χ1v) is 10.1. The first-order chi connectivity index (χ1) is 14.5. The van der Waals surface area contributed by atoms with Crippen molar-refractivity contribution in [2.75, 3.05) is 26.7 Å². The third kappa shape index (κ3) is 4.52. The molecule has 3 rings (SSSR count). The van der Waals surface area contributed by atoms with Gasteiger partial charge in [-0.05, 0) is 43.2 Å². The highest BCUT2D eigenvalue weighted by Crippen LogP contribution is 2.41. The van der Waals surface area contributed by atoms with Gasteiger partial charge in [-0.2, -0.15) is 0 Å². The van der Waals surface area contributed by atoms with Crippen molar-refractivity contribution in [2.45, 2.75) is 20.3 Å². The van der Waals surface area contributed by atoms with Gasteiger partial charge >= 0.3 is 0 Å². The van der Waals surface area contributed by atoms with Crippen molar-refractivity contribution in [3.05, 3.63) is 70.3 Å². The number of likely N-dealkylation sites (N-methyl/N-ethyl adjacent to an activating group) is 1. The number of aromatic hydroxyl groups is 1. The van der Waals surface area contributed by atoms with Gasteiger partial charge in [0.1, 0.15) is 11.5 Å². The van der Waals surface area contributed by atoms with E-state index in [1.54, 1.807) is 6.08 Å². The normalized spacial score (nSPS) is 14.6. The number of hydrogen-bond acceptors (Lipinski definition) is 5. The van der Waals surface area contributed by atoms with E-state index in [0.29, 0.717) is 17.6 Å². The van der Waals surface area contributed by atoms with E-state index in [-0.39, 0.29) is 16.9 Å². The summed E-state index contributed by atoms with van der Waals surface area (Å²) in [4.78, 5) is 26.9. The van der Waals surface area contributed by atoms with E-state index in [0.717, 1.165) is 42.8 Å². The number of carbonyl (C=O) groups excluding carboxylic acids is 2. The Labute approximate surface area is 177 Å². The SMILES string of the molecule is CCN1CC=C(c2c(OC)cc(C=O)c(C(=O)/C=C/c3ccc(C)cc3)c2O)CC1. The van der Waals surface area contributed by atoms with Crippen LogP contribution in [0.2, 0.25) is 0 Å². The molecule has 1 N–H and O–H groups in total. The molecule has 0 radical (unpaired) electrons. The zero-order valence-electron chi connectivity index (χ0n) is 17.6. The van der Waals surface area contributed by atoms with Crippen LogP contribution in [0.15, 0.2) is 42.5 Å². The van der Waals surface area contributed by atoms with Gasteiger partial charge in [0.05, 0.1) is 18.2 Å². The lowest BCUT2D eigenvalue weighted by molar-refractivity contribution is 0.103. The lowest BCUT2D eigenvalue weighted by atomic mass is 9.91. The minimum absolute atomic E-state index is 0.00276. The smallest absolute Gasteiger partial charge is 0.190 e. The Kier molecular flexibility index (Phi) is 6.85. The van der Waals surface area contributed by atoms with Crippen molar-refractivity contribution in [1.29, 1.82) is 0 Å². The van der Waals surface area contributed by atoms with Gasteiger partial charge in [-0.1, -0.05) is 48.9 Å². The lowest BCUT2D eigenvalue weighted by Crippen LogP contribution is -2.28. The average molecular weight is 405 g/mol. The fraction of sp³-hybridized carbons (Fsp3) is 0.280. The van der Waals surface area contributed by atoms with Crippen LogP contribution in [0, 0.1) is 6.92 Å². The Hall–Kier alpha value is -3.18. The van der Waals surface area contributed by atoms with Crippen LogP contribution in [-0.2, 0) is 0 Å². The number of nitrogens with zero attached hydrogens (tertiary/aromatic N) is 1. The average Bonchev–Trinajstić information content (AvgIpc) is 2.77. The highest BCUT2D eigenvalue weighted by atomic mass is 16.5. The maximum absolute atomic E-state index is 12.9. The van der Waals surface area contributed by atoms with Crippen molar-refractivity contribution >= 4 is 23.7 Å². The Morgan fingerprint density at radius 3 is 2.57 bits per heavy atom. The minimum Gasteiger partial charge on any atom is -0.506 e. The predicted molar refractivity (Wildman–Crippen MR) is 119 cm³/mol. The van der Waals surface area contributed by atoms with Crippen LogP contribution in [0.25, 0.3) is 11.6 Å². The monoisotopic (exact) mass is 405 g/mol. The van der Waals surface area contributed by atoms with Gasteiger partial charge in [0.15, 0.2) is 12.1 Å². The first kappa shape index (κ1) is 21.5. The number of aryl methyl sites for hydroxylation is 1. The van der Waals surface area contributed by atoms with Gasteiger partial charge in [-0.3, -0.25) is 14.5 Å². The van der Waals surface area contributed by atoms with Crippen molar-refractivity contribution in [2.24, 2.45) is 0 Å². The summed E-state index contributed by atoms with van der Waals surface area (Å²) in [5.41, 5.74) is 3.52. The molecule has 2 aromatic carbocycles. The molecule has 5 nitrogen and oxygen atoms in total. The third-order valence-corrected chi connectivity index (χ3v) is 5.45. The highest BCUT2D eigenvalue weighted by Gasteiger charge is 2.25. The second-order valence-electron chi connectivity index (χ2n) is 7.37. The molecule has 0 fully saturated rings. The van der Waals surface area contributed by atoms with Gasteiger partial charge in [0.2, 0.25) is 0 Å². The van der Waals surface area contributed by atoms with E-state index in [1.807, 2.05) is 37.3 Å². The number of carbonyl (C=O) groups is 2. The topological polar surface area (TPSA) is 66.8 Å². The van der Waals surface area contributed by atoms with Crippen LogP contribution in [0.4, 0.5) is 0 Å². The van der Waals surface area contributed by atoms with Crippen LogP contribution < -0.4 is 4.74 Å². The molecule has 0 aliphatic carbocycles. The van der Waals surface area contributed by atoms with Gasteiger partial charge in [0.25, 0.3) is 0 Å². The third-order valence-electron chi connectivity index (χ3n) is 5.45. The first-order valence-electron chi connectivity index (χ1n) is 10.1. The molecule has 0 spiro atoms. The molecule has 30 heavy (non-hydrogen) atoms. The largest absolute Gasteiger partial charge is 0.506 e. The van der Waals surface area contributed by atoms with E-state index in [9.17, 15) is 14.7 Å². The Morgan fingerprint density at radius 1 is 1.27 bits per heavy atom. The molecule has 0 atom stereocenters. The molecule has 1 aliphatic heterocycles. The van der Waals surface area contributed by atoms with E-state index >= 15 is 0 Å². The van der Waals surface area contributed by atoms with Crippen LogP contribution in [0.1, 0.15) is 50.8 Å². The van der Waals surface area contributed by atoms with E-state index in [1.165, 1.54) is 19.3 Å². The number of benzene rings is 2. The Bertz CT molecular complexity index is 1000. The molecule has 2 aromatic rings. The summed E-state index contributed by atoms with van der Waals surface area (Å²) < 4.78 is 5.45. The van der Waals surface area contributed by atoms with E-state index < -0.39 is 5.78 Å². The van der Waals surface area contributed by atoms with Crippen molar-refractivity contribution in [1.82, 2.24) is 4.90 Å². The summed E-state index contributed by atoms with van der Waals surface area (Å²) in [5.74, 6) is -0.235. The highest BCUT2D eigenvalue weighted by molar-refractivity contribution is 6.14. The number of phenolic OH excluding ortho intramolecular Hbond substituents is 1. The van der Waals surface area contributed by atoms with Crippen LogP contribution in [0.3, 0.4) is 0 Å². The second kappa shape index (κ2) is 9.55. The van der Waals surface area contributed by atoms with Gasteiger partial charge < -0.3 is 9.84 Å². The molecule has 1 aliphatic rings. The zero-order chi connectivity index (χ0) is 21.7. The summed E-state index contributed by atoms with van der Waals surface area (Å²) in [6.07, 6.45) is 6.41. The summed E-state index contributed by atoms with van der Waals surface area (Å²) in [6, 6.07) is 9.26. The molecule has 0 unspecified atom stereocenters. The van der Waals surface area contributed by atoms with Gasteiger partial charge in [-0.25, -0.2) is 0 Å². The summed E-state index contributed by atoms with van der Waals surface area (Å²) in [5, 5.41) is 11.0. The maximum Gasteiger partial charge on any atom is 0.190 e. The molecular weight excluding hydrogens is 378 g/mol. The summed E-state index contributed by atoms with van der Waals surface area (Å²) in [7, 11) is 1.49. The summed E-state index contributed by atoms with van der Waals surface area (Å²) in [6.45, 7) is 6.67. The molecule has 0 saturated carbocycles. The Morgan fingerprint density at radius 2 is 2.00 bits per heavy atom. The molecule has 0 saturated heterocycles. The number of rotatable bonds is 7. The van der Waals surface area contributed by atoms with Crippen LogP contribution in [-0.4, -0.2) is 48.8 Å². The number of allylic oxidation sites excluding steroid dienone is 1. The fourth-order valence-corrected chi connectivity index (χ4v) is 3.65. The number of ether oxygens (including phenoxy) is 1. The Balaban J connectivity index is 2.03. The van der Waals surface area contributed by atoms with Crippen molar-refractivity contribution < 1.29 is 19.4 Å². The minimum atomic E-state index is -0.425. The molecule has 0 aromatic heterocycles. The van der Waals surface area contributed by atoms with Crippen LogP contribution >= 0.6 is 0 Å². The maximum atomic E-state index is 12.9. The molecule has 0 bridgehead atoms. The number of aldehydes is 1. The molecule has 1 heterocycles. The zero-order valence-corrected chi connectivity index (χ0v) is 17.6. The fourth-order valence-electron chi connectivity index (χ4n) is 3.65. The van der Waals surface area contributed by atoms with Gasteiger partial charge in [-0.15, -0.1) is 0 Å². The lowest BCUT2D eigenvalue weighted by Gasteiger charge is -2.26. The number of phenols is 1. The number of ketones is 1. The molecule has 5 heteroatoms. The van der Waals surface area contributed by atoms with Gasteiger partial charge in [0, 0.05) is 18.7 Å². The van der Waals surface area contributed by atoms with E-state index in [2.05, 4.69) is 11.8 Å². The standard InChI is InChI=1S/C25H27NO4/c1-4-26-13-11-19(12-14-26)24-22(30-3)15-20(16-27)23(25(24)29)21(28)10-9-18-7-5-17(2)6-8-18/h5-11,15-16,29H,4,12-14H2,1-3H3/b10-9+. The number of methoxy groups -OCH3 is 1. The van der Waals surface area contributed by atoms with E-state index in [4.69, 9.17) is 4.74 Å². The summed E-state index contributed by atoms with van der Waals surface area (Å²) >= 11 is 0. The van der Waals surface area contributed by atoms with Crippen molar-refractivity contribution in [3.8, 4) is 11.5 Å². The quantitative estimate of drug-likeness (QED) is 0.417. The molecule has 0 amide bonds. The van der Waals surface area contributed by atoms with Crippen molar-refractivity contribution in [3.63, 3.8) is 0 Å². The molecule has 156 valence electrons. The predicted octanol–water partition coefficient (Wildman–Crippen LogP) is 4.53.